The van der Waals surface area contributed by atoms with Gasteiger partial charge in [0.1, 0.15) is 5.82 Å². The van der Waals surface area contributed by atoms with E-state index >= 15 is 0 Å². The van der Waals surface area contributed by atoms with Gasteiger partial charge in [-0.2, -0.15) is 5.10 Å². The molecule has 1 aliphatic rings. The lowest BCUT2D eigenvalue weighted by Gasteiger charge is -2.22. The Morgan fingerprint density at radius 2 is 2.20 bits per heavy atom. The number of aryl methyl sites for hydroxylation is 1. The van der Waals surface area contributed by atoms with Crippen molar-refractivity contribution in [3.8, 4) is 0 Å². The number of aromatic nitrogens is 6. The van der Waals surface area contributed by atoms with Crippen LogP contribution in [-0.4, -0.2) is 42.8 Å². The fraction of sp³-hybridized carbons (Fsp3) is 0.529. The van der Waals surface area contributed by atoms with Gasteiger partial charge in [0, 0.05) is 24.7 Å². The lowest BCUT2D eigenvalue weighted by molar-refractivity contribution is 0.447. The van der Waals surface area contributed by atoms with Crippen LogP contribution in [0, 0.1) is 6.92 Å². The Morgan fingerprint density at radius 1 is 1.32 bits per heavy atom. The van der Waals surface area contributed by atoms with Crippen molar-refractivity contribution in [2.24, 2.45) is 0 Å². The number of rotatable bonds is 4. The van der Waals surface area contributed by atoms with Crippen LogP contribution in [0.1, 0.15) is 50.2 Å². The maximum absolute atomic E-state index is 4.88. The molecule has 0 amide bonds. The fourth-order valence-corrected chi connectivity index (χ4v) is 3.27. The summed E-state index contributed by atoms with van der Waals surface area (Å²) in [6.07, 6.45) is 5.95. The second-order valence-electron chi connectivity index (χ2n) is 6.90. The number of aromatic amines is 1. The molecule has 0 aromatic carbocycles. The molecule has 0 aliphatic carbocycles. The Bertz CT molecular complexity index is 872. The molecule has 1 atom stereocenters. The van der Waals surface area contributed by atoms with Crippen LogP contribution in [-0.2, 0) is 0 Å². The van der Waals surface area contributed by atoms with Crippen LogP contribution in [0.25, 0.3) is 11.2 Å². The van der Waals surface area contributed by atoms with Crippen molar-refractivity contribution in [3.63, 3.8) is 0 Å². The van der Waals surface area contributed by atoms with Gasteiger partial charge < -0.3 is 15.2 Å². The van der Waals surface area contributed by atoms with Gasteiger partial charge in [0.05, 0.1) is 17.7 Å². The molecule has 25 heavy (non-hydrogen) atoms. The number of hydrogen-bond acceptors (Lipinski definition) is 6. The SMILES string of the molecule is Cc1n[nH]cc1Nc1nc(C2CCCNC2)nc2c1ncn2C(C)C. The molecule has 0 saturated carbocycles. The van der Waals surface area contributed by atoms with Crippen molar-refractivity contribution >= 4 is 22.7 Å². The summed E-state index contributed by atoms with van der Waals surface area (Å²) in [4.78, 5) is 14.3. The van der Waals surface area contributed by atoms with Crippen molar-refractivity contribution in [3.05, 3.63) is 24.0 Å². The van der Waals surface area contributed by atoms with Crippen molar-refractivity contribution in [2.45, 2.75) is 45.6 Å². The van der Waals surface area contributed by atoms with Crippen LogP contribution in [0.15, 0.2) is 12.5 Å². The van der Waals surface area contributed by atoms with Gasteiger partial charge >= 0.3 is 0 Å². The molecule has 1 aliphatic heterocycles. The van der Waals surface area contributed by atoms with E-state index in [4.69, 9.17) is 9.97 Å². The highest BCUT2D eigenvalue weighted by Crippen LogP contribution is 2.29. The zero-order valence-electron chi connectivity index (χ0n) is 14.9. The molecule has 1 unspecified atom stereocenters. The molecule has 1 fully saturated rings. The Kier molecular flexibility index (Phi) is 4.12. The van der Waals surface area contributed by atoms with Gasteiger partial charge in [0.25, 0.3) is 0 Å². The first-order chi connectivity index (χ1) is 12.1. The first-order valence-corrected chi connectivity index (χ1v) is 8.86. The van der Waals surface area contributed by atoms with Gasteiger partial charge in [0.2, 0.25) is 0 Å². The summed E-state index contributed by atoms with van der Waals surface area (Å²) in [6.45, 7) is 8.22. The van der Waals surface area contributed by atoms with E-state index in [1.165, 1.54) is 0 Å². The molecule has 0 spiro atoms. The summed E-state index contributed by atoms with van der Waals surface area (Å²) in [6, 6.07) is 0.292. The summed E-state index contributed by atoms with van der Waals surface area (Å²) in [5, 5.41) is 13.9. The molecule has 132 valence electrons. The molecule has 4 heterocycles. The maximum Gasteiger partial charge on any atom is 0.166 e. The fourth-order valence-electron chi connectivity index (χ4n) is 3.27. The number of hydrogen-bond donors (Lipinski definition) is 3. The zero-order valence-corrected chi connectivity index (χ0v) is 14.9. The van der Waals surface area contributed by atoms with E-state index in [1.54, 1.807) is 0 Å². The lowest BCUT2D eigenvalue weighted by atomic mass is 9.99. The Labute approximate surface area is 146 Å². The maximum atomic E-state index is 4.88. The van der Waals surface area contributed by atoms with E-state index in [-0.39, 0.29) is 0 Å². The topological polar surface area (TPSA) is 96.3 Å². The zero-order chi connectivity index (χ0) is 17.4. The summed E-state index contributed by atoms with van der Waals surface area (Å²) in [7, 11) is 0. The second kappa shape index (κ2) is 6.44. The van der Waals surface area contributed by atoms with E-state index in [1.807, 2.05) is 19.4 Å². The average Bonchev–Trinajstić information content (AvgIpc) is 3.22. The number of piperidine rings is 1. The molecular weight excluding hydrogens is 316 g/mol. The smallest absolute Gasteiger partial charge is 0.166 e. The van der Waals surface area contributed by atoms with Crippen LogP contribution >= 0.6 is 0 Å². The van der Waals surface area contributed by atoms with Gasteiger partial charge in [-0.3, -0.25) is 5.10 Å². The first kappa shape index (κ1) is 16.0. The van der Waals surface area contributed by atoms with E-state index in [0.717, 1.165) is 60.1 Å². The van der Waals surface area contributed by atoms with Gasteiger partial charge in [-0.05, 0) is 40.2 Å². The number of nitrogens with zero attached hydrogens (tertiary/aromatic N) is 5. The largest absolute Gasteiger partial charge is 0.335 e. The second-order valence-corrected chi connectivity index (χ2v) is 6.90. The first-order valence-electron chi connectivity index (χ1n) is 8.86. The third-order valence-corrected chi connectivity index (χ3v) is 4.74. The number of H-pyrrole nitrogens is 1. The Morgan fingerprint density at radius 3 is 2.88 bits per heavy atom. The molecular formula is C17H24N8. The van der Waals surface area contributed by atoms with Crippen molar-refractivity contribution in [1.82, 2.24) is 35.0 Å². The number of imidazole rings is 1. The highest BCUT2D eigenvalue weighted by Gasteiger charge is 2.22. The molecule has 3 aromatic heterocycles. The normalized spacial score (nSPS) is 18.2. The van der Waals surface area contributed by atoms with E-state index in [9.17, 15) is 0 Å². The van der Waals surface area contributed by atoms with Gasteiger partial charge in [-0.25, -0.2) is 15.0 Å². The molecule has 0 bridgehead atoms. The molecule has 0 radical (unpaired) electrons. The highest BCUT2D eigenvalue weighted by molar-refractivity contribution is 5.85. The lowest BCUT2D eigenvalue weighted by Crippen LogP contribution is -2.29. The summed E-state index contributed by atoms with van der Waals surface area (Å²) >= 11 is 0. The van der Waals surface area contributed by atoms with E-state index < -0.39 is 0 Å². The Hall–Kier alpha value is -2.48. The van der Waals surface area contributed by atoms with Gasteiger partial charge in [0.15, 0.2) is 17.0 Å². The minimum Gasteiger partial charge on any atom is -0.335 e. The molecule has 3 N–H and O–H groups in total. The highest BCUT2D eigenvalue weighted by atomic mass is 15.2. The van der Waals surface area contributed by atoms with Crippen LogP contribution in [0.2, 0.25) is 0 Å². The van der Waals surface area contributed by atoms with Crippen molar-refractivity contribution in [1.29, 1.82) is 0 Å². The van der Waals surface area contributed by atoms with Gasteiger partial charge in [-0.15, -0.1) is 0 Å². The minimum absolute atomic E-state index is 0.292. The molecule has 8 nitrogen and oxygen atoms in total. The van der Waals surface area contributed by atoms with E-state index in [0.29, 0.717) is 12.0 Å². The summed E-state index contributed by atoms with van der Waals surface area (Å²) in [5.41, 5.74) is 3.48. The van der Waals surface area contributed by atoms with Crippen LogP contribution in [0.5, 0.6) is 0 Å². The molecule has 4 rings (SSSR count). The van der Waals surface area contributed by atoms with E-state index in [2.05, 4.69) is 44.2 Å². The standard InChI is InChI=1S/C17H24N8/c1-10(2)25-9-19-14-16(21-13-8-20-24-11(13)3)22-15(23-17(14)25)12-5-4-6-18-7-12/h8-10,12,18H,4-7H2,1-3H3,(H,20,24)(H,21,22,23). The minimum atomic E-state index is 0.292. The average molecular weight is 340 g/mol. The number of nitrogens with one attached hydrogen (secondary N) is 3. The summed E-state index contributed by atoms with van der Waals surface area (Å²) < 4.78 is 2.10. The molecule has 8 heteroatoms. The van der Waals surface area contributed by atoms with Crippen LogP contribution in [0.4, 0.5) is 11.5 Å². The molecule has 3 aromatic rings. The van der Waals surface area contributed by atoms with Crippen molar-refractivity contribution in [2.75, 3.05) is 18.4 Å². The Balaban J connectivity index is 1.82. The van der Waals surface area contributed by atoms with Crippen LogP contribution in [0.3, 0.4) is 0 Å². The predicted octanol–water partition coefficient (Wildman–Crippen LogP) is 2.65. The third-order valence-electron chi connectivity index (χ3n) is 4.74. The predicted molar refractivity (Wildman–Crippen MR) is 97.2 cm³/mol. The number of fused-ring (bicyclic) bond motifs is 1. The monoisotopic (exact) mass is 340 g/mol. The molecule has 1 saturated heterocycles. The van der Waals surface area contributed by atoms with Crippen LogP contribution < -0.4 is 10.6 Å². The summed E-state index contributed by atoms with van der Waals surface area (Å²) in [5.74, 6) is 1.96. The quantitative estimate of drug-likeness (QED) is 0.676. The number of anilines is 2. The van der Waals surface area contributed by atoms with Gasteiger partial charge in [-0.1, -0.05) is 0 Å². The third kappa shape index (κ3) is 2.97. The van der Waals surface area contributed by atoms with Crippen molar-refractivity contribution < 1.29 is 0 Å².